The molecule has 0 aromatic rings. The summed E-state index contributed by atoms with van der Waals surface area (Å²) >= 11 is -2.54. The van der Waals surface area contributed by atoms with Gasteiger partial charge in [-0.2, -0.15) is 0 Å². The molecular weight excluding hydrogens is 169 g/mol. The molecule has 0 saturated heterocycles. The summed E-state index contributed by atoms with van der Waals surface area (Å²) in [7, 11) is 0. The van der Waals surface area contributed by atoms with Gasteiger partial charge in [0.25, 0.3) is 0 Å². The molecule has 0 fully saturated rings. The second-order valence-electron chi connectivity index (χ2n) is 1.56. The van der Waals surface area contributed by atoms with Gasteiger partial charge in [-0.1, -0.05) is 0 Å². The van der Waals surface area contributed by atoms with E-state index in [0.717, 1.165) is 0 Å². The summed E-state index contributed by atoms with van der Waals surface area (Å²) in [6.45, 7) is 0. The van der Waals surface area contributed by atoms with Crippen molar-refractivity contribution >= 4 is 13.9 Å². The van der Waals surface area contributed by atoms with Crippen LogP contribution in [0.4, 0.5) is 0 Å². The van der Waals surface area contributed by atoms with Gasteiger partial charge in [-0.25, -0.2) is 0 Å². The maximum absolute atomic E-state index is 5.08. The summed E-state index contributed by atoms with van der Waals surface area (Å²) < 4.78 is 7.48. The Kier molecular flexibility index (Phi) is 3.48. The van der Waals surface area contributed by atoms with Crippen LogP contribution >= 0.6 is 0 Å². The normalized spacial score (nSPS) is 12.0. The topological polar surface area (TPSA) is 114 Å². The van der Waals surface area contributed by atoms with Gasteiger partial charge >= 0.3 is 50.4 Å². The van der Waals surface area contributed by atoms with Crippen LogP contribution in [0.1, 0.15) is 0 Å². The van der Waals surface area contributed by atoms with Gasteiger partial charge in [0.15, 0.2) is 0 Å². The Morgan fingerprint density at radius 1 is 1.00 bits per heavy atom. The summed E-state index contributed by atoms with van der Waals surface area (Å²) in [5.41, 5.74) is 0. The van der Waals surface area contributed by atoms with Crippen LogP contribution in [0.2, 0.25) is 5.76 Å². The Hall–Kier alpha value is 0.303. The van der Waals surface area contributed by atoms with E-state index in [9.17, 15) is 0 Å². The predicted molar refractivity (Wildman–Crippen MR) is 33.6 cm³/mol. The molecule has 8 heavy (non-hydrogen) atoms. The SMILES string of the molecule is [CH3][Ge]([NH]N)([NH]N)[NH]N. The van der Waals surface area contributed by atoms with Crippen LogP contribution in [-0.4, -0.2) is 13.9 Å². The molecule has 0 radical (unpaired) electrons. The van der Waals surface area contributed by atoms with Gasteiger partial charge in [0, 0.05) is 0 Å². The second-order valence-corrected chi connectivity index (χ2v) is 8.10. The molecule has 0 rings (SSSR count). The molecule has 0 spiro atoms. The van der Waals surface area contributed by atoms with Gasteiger partial charge in [-0.15, -0.1) is 0 Å². The fraction of sp³-hybridized carbons (Fsp3) is 1.00. The first-order chi connectivity index (χ1) is 3.68. The molecule has 6 nitrogen and oxygen atoms in total. The third kappa shape index (κ3) is 2.05. The molecule has 9 N–H and O–H groups in total. The Morgan fingerprint density at radius 2 is 1.25 bits per heavy atom. The fourth-order valence-electron chi connectivity index (χ4n) is 0.125. The van der Waals surface area contributed by atoms with E-state index in [-0.39, 0.29) is 0 Å². The molecule has 0 amide bonds. The molecule has 0 saturated carbocycles. The molecule has 50 valence electrons. The number of rotatable bonds is 3. The van der Waals surface area contributed by atoms with Crippen LogP contribution in [0, 0.1) is 0 Å². The van der Waals surface area contributed by atoms with E-state index in [1.807, 2.05) is 5.76 Å². The van der Waals surface area contributed by atoms with E-state index in [1.54, 1.807) is 0 Å². The minimum absolute atomic E-state index is 1.83. The zero-order chi connectivity index (χ0) is 6.62. The van der Waals surface area contributed by atoms with Gasteiger partial charge in [-0.05, 0) is 0 Å². The Morgan fingerprint density at radius 3 is 1.25 bits per heavy atom. The quantitative estimate of drug-likeness (QED) is 0.156. The van der Waals surface area contributed by atoms with Crippen molar-refractivity contribution in [1.29, 1.82) is 0 Å². The molecule has 0 heterocycles. The first kappa shape index (κ1) is 8.30. The molecule has 0 aliphatic heterocycles. The summed E-state index contributed by atoms with van der Waals surface area (Å²) in [5, 5.41) is 0. The zero-order valence-corrected chi connectivity index (χ0v) is 6.83. The van der Waals surface area contributed by atoms with Crippen molar-refractivity contribution < 1.29 is 0 Å². The summed E-state index contributed by atoms with van der Waals surface area (Å²) in [4.78, 5) is 0. The van der Waals surface area contributed by atoms with Crippen molar-refractivity contribution in [2.45, 2.75) is 5.76 Å². The first-order valence-electron chi connectivity index (χ1n) is 2.12. The monoisotopic (exact) mass is 182 g/mol. The number of hydrogen-bond donors (Lipinski definition) is 6. The molecule has 0 aliphatic rings. The van der Waals surface area contributed by atoms with Gasteiger partial charge in [0.2, 0.25) is 0 Å². The summed E-state index contributed by atoms with van der Waals surface area (Å²) in [6.07, 6.45) is 0. The molecule has 0 unspecified atom stereocenters. The number of hydrazine groups is 3. The van der Waals surface area contributed by atoms with E-state index < -0.39 is 13.9 Å². The molecule has 7 heteroatoms. The van der Waals surface area contributed by atoms with E-state index in [2.05, 4.69) is 13.1 Å². The number of nitrogens with two attached hydrogens (primary N) is 3. The Labute approximate surface area is 51.1 Å². The van der Waals surface area contributed by atoms with Crippen molar-refractivity contribution in [3.05, 3.63) is 0 Å². The van der Waals surface area contributed by atoms with Gasteiger partial charge in [0.05, 0.1) is 0 Å². The van der Waals surface area contributed by atoms with E-state index in [1.165, 1.54) is 0 Å². The van der Waals surface area contributed by atoms with E-state index in [0.29, 0.717) is 0 Å². The average Bonchev–Trinajstić information content (AvgIpc) is 1.87. The van der Waals surface area contributed by atoms with Gasteiger partial charge < -0.3 is 0 Å². The molecular formula is CH12GeN6. The van der Waals surface area contributed by atoms with Crippen LogP contribution in [0.25, 0.3) is 0 Å². The summed E-state index contributed by atoms with van der Waals surface area (Å²) in [6, 6.07) is 0. The van der Waals surface area contributed by atoms with Crippen molar-refractivity contribution in [3.8, 4) is 0 Å². The molecule has 0 aromatic heterocycles. The fourth-order valence-corrected chi connectivity index (χ4v) is 0.650. The van der Waals surface area contributed by atoms with Crippen LogP contribution in [0.15, 0.2) is 0 Å². The number of hydrogen-bond acceptors (Lipinski definition) is 6. The van der Waals surface area contributed by atoms with E-state index in [4.69, 9.17) is 17.5 Å². The molecule has 0 atom stereocenters. The minimum atomic E-state index is -2.54. The molecule has 0 bridgehead atoms. The Bertz CT molecular complexity index is 51.3. The first-order valence-corrected chi connectivity index (χ1v) is 7.36. The maximum atomic E-state index is 5.08. The van der Waals surface area contributed by atoms with Crippen LogP contribution in [-0.2, 0) is 0 Å². The van der Waals surface area contributed by atoms with E-state index >= 15 is 0 Å². The standard InChI is InChI=1S/CH12GeN6/c1-2(6-3,7-4)8-5/h6-8H,3-5H2,1H3. The van der Waals surface area contributed by atoms with Crippen molar-refractivity contribution in [2.75, 3.05) is 0 Å². The van der Waals surface area contributed by atoms with Crippen LogP contribution < -0.4 is 30.7 Å². The van der Waals surface area contributed by atoms with Crippen molar-refractivity contribution in [2.24, 2.45) is 17.5 Å². The zero-order valence-electron chi connectivity index (χ0n) is 4.73. The Balaban J connectivity index is 3.58. The number of nitrogens with one attached hydrogen (secondary N) is 3. The van der Waals surface area contributed by atoms with Gasteiger partial charge in [0.1, 0.15) is 0 Å². The molecule has 0 aromatic carbocycles. The summed E-state index contributed by atoms with van der Waals surface area (Å²) in [5.74, 6) is 17.1. The van der Waals surface area contributed by atoms with Crippen LogP contribution in [0.3, 0.4) is 0 Å². The molecule has 0 aliphatic carbocycles. The third-order valence-corrected chi connectivity index (χ3v) is 4.50. The van der Waals surface area contributed by atoms with Crippen molar-refractivity contribution in [3.63, 3.8) is 0 Å². The second kappa shape index (κ2) is 3.35. The predicted octanol–water partition coefficient (Wildman–Crippen LogP) is -3.05. The average molecular weight is 181 g/mol. The third-order valence-electron chi connectivity index (χ3n) is 0.866. The van der Waals surface area contributed by atoms with Gasteiger partial charge in [-0.3, -0.25) is 0 Å². The van der Waals surface area contributed by atoms with Crippen LogP contribution in [0.5, 0.6) is 0 Å². The van der Waals surface area contributed by atoms with Crippen molar-refractivity contribution in [1.82, 2.24) is 13.1 Å².